The third-order valence-corrected chi connectivity index (χ3v) is 2.17. The maximum absolute atomic E-state index is 10.7. The van der Waals surface area contributed by atoms with Crippen LogP contribution in [0, 0.1) is 0 Å². The molecule has 0 aliphatic heterocycles. The first-order chi connectivity index (χ1) is 7.24. The minimum Gasteiger partial charge on any atom is -0.454 e. The third-order valence-electron chi connectivity index (χ3n) is 1.68. The lowest BCUT2D eigenvalue weighted by Gasteiger charge is -2.04. The van der Waals surface area contributed by atoms with Gasteiger partial charge in [-0.2, -0.15) is 4.98 Å². The van der Waals surface area contributed by atoms with Crippen LogP contribution in [0.2, 0.25) is 0 Å². The highest BCUT2D eigenvalue weighted by Crippen LogP contribution is 2.22. The topological polar surface area (TPSA) is 55.0 Å². The van der Waals surface area contributed by atoms with E-state index in [2.05, 4.69) is 25.9 Å². The smallest absolute Gasteiger partial charge is 0.345 e. The Balaban J connectivity index is 2.22. The van der Waals surface area contributed by atoms with E-state index < -0.39 is 5.69 Å². The standard InChI is InChI=1S/C10H7BrN2O2/c11-7-2-1-3-8(4-7)15-9-5-12-10(14)13-6-9/h1-6H,(H,12,13,14). The molecule has 1 N–H and O–H groups in total. The Morgan fingerprint density at radius 1 is 1.33 bits per heavy atom. The summed E-state index contributed by atoms with van der Waals surface area (Å²) in [5.74, 6) is 1.17. The number of benzene rings is 1. The molecule has 0 radical (unpaired) electrons. The Hall–Kier alpha value is -1.62. The third kappa shape index (κ3) is 2.66. The van der Waals surface area contributed by atoms with Gasteiger partial charge in [-0.05, 0) is 18.2 Å². The Bertz CT molecular complexity index is 504. The number of aromatic nitrogens is 2. The number of rotatable bonds is 2. The predicted octanol–water partition coefficient (Wildman–Crippen LogP) is 2.32. The lowest BCUT2D eigenvalue weighted by atomic mass is 10.3. The molecule has 0 bridgehead atoms. The fraction of sp³-hybridized carbons (Fsp3) is 0. The molecule has 76 valence electrons. The molecule has 1 heterocycles. The predicted molar refractivity (Wildman–Crippen MR) is 59.1 cm³/mol. The molecule has 1 aromatic heterocycles. The van der Waals surface area contributed by atoms with E-state index in [-0.39, 0.29) is 0 Å². The summed E-state index contributed by atoms with van der Waals surface area (Å²) in [6, 6.07) is 7.40. The summed E-state index contributed by atoms with van der Waals surface area (Å²) < 4.78 is 6.38. The first kappa shape index (κ1) is 9.92. The summed E-state index contributed by atoms with van der Waals surface area (Å²) in [5.41, 5.74) is -0.392. The van der Waals surface area contributed by atoms with Crippen molar-refractivity contribution in [1.29, 1.82) is 0 Å². The van der Waals surface area contributed by atoms with E-state index >= 15 is 0 Å². The van der Waals surface area contributed by atoms with Crippen LogP contribution in [0.1, 0.15) is 0 Å². The van der Waals surface area contributed by atoms with Crippen molar-refractivity contribution in [1.82, 2.24) is 9.97 Å². The molecule has 0 amide bonds. The molecule has 5 heteroatoms. The van der Waals surface area contributed by atoms with E-state index in [0.29, 0.717) is 11.5 Å². The largest absolute Gasteiger partial charge is 0.454 e. The molecule has 0 saturated carbocycles. The first-order valence-corrected chi connectivity index (χ1v) is 5.01. The second-order valence-corrected chi connectivity index (χ2v) is 3.73. The van der Waals surface area contributed by atoms with Crippen LogP contribution >= 0.6 is 15.9 Å². The molecule has 0 fully saturated rings. The van der Waals surface area contributed by atoms with Gasteiger partial charge in [-0.25, -0.2) is 4.79 Å². The maximum atomic E-state index is 10.7. The number of H-pyrrole nitrogens is 1. The quantitative estimate of drug-likeness (QED) is 0.908. The molecule has 0 spiro atoms. The van der Waals surface area contributed by atoms with Crippen LogP contribution in [0.4, 0.5) is 0 Å². The number of aromatic amines is 1. The van der Waals surface area contributed by atoms with Crippen LogP contribution in [0.25, 0.3) is 0 Å². The van der Waals surface area contributed by atoms with Gasteiger partial charge in [-0.1, -0.05) is 22.0 Å². The zero-order valence-corrected chi connectivity index (χ0v) is 9.19. The maximum Gasteiger partial charge on any atom is 0.345 e. The highest BCUT2D eigenvalue weighted by molar-refractivity contribution is 9.10. The molecule has 2 rings (SSSR count). The van der Waals surface area contributed by atoms with Crippen LogP contribution in [0.15, 0.2) is 45.9 Å². The number of nitrogens with zero attached hydrogens (tertiary/aromatic N) is 1. The molecule has 1 aromatic carbocycles. The highest BCUT2D eigenvalue weighted by atomic mass is 79.9. The molecular weight excluding hydrogens is 260 g/mol. The van der Waals surface area contributed by atoms with Crippen LogP contribution in [-0.2, 0) is 0 Å². The van der Waals surface area contributed by atoms with Gasteiger partial charge in [0.25, 0.3) is 0 Å². The zero-order chi connectivity index (χ0) is 10.7. The minimum atomic E-state index is -0.392. The Kier molecular flexibility index (Phi) is 2.82. The fourth-order valence-electron chi connectivity index (χ4n) is 1.05. The van der Waals surface area contributed by atoms with Crippen LogP contribution in [0.3, 0.4) is 0 Å². The van der Waals surface area contributed by atoms with E-state index in [4.69, 9.17) is 4.74 Å². The van der Waals surface area contributed by atoms with Crippen molar-refractivity contribution < 1.29 is 4.74 Å². The van der Waals surface area contributed by atoms with Gasteiger partial charge in [0, 0.05) is 4.47 Å². The normalized spacial score (nSPS) is 9.93. The summed E-state index contributed by atoms with van der Waals surface area (Å²) in [6.45, 7) is 0. The highest BCUT2D eigenvalue weighted by Gasteiger charge is 1.97. The van der Waals surface area contributed by atoms with Crippen molar-refractivity contribution in [3.63, 3.8) is 0 Å². The van der Waals surface area contributed by atoms with Gasteiger partial charge < -0.3 is 9.72 Å². The number of nitrogens with one attached hydrogen (secondary N) is 1. The van der Waals surface area contributed by atoms with Gasteiger partial charge in [0.15, 0.2) is 5.75 Å². The SMILES string of the molecule is O=c1ncc(Oc2cccc(Br)c2)c[nH]1. The number of halogens is 1. The average Bonchev–Trinajstić information content (AvgIpc) is 2.22. The lowest BCUT2D eigenvalue weighted by Crippen LogP contribution is -2.07. The van der Waals surface area contributed by atoms with Gasteiger partial charge in [0.2, 0.25) is 0 Å². The monoisotopic (exact) mass is 266 g/mol. The summed E-state index contributed by atoms with van der Waals surface area (Å²) in [7, 11) is 0. The Morgan fingerprint density at radius 3 is 2.87 bits per heavy atom. The van der Waals surface area contributed by atoms with E-state index in [0.717, 1.165) is 4.47 Å². The van der Waals surface area contributed by atoms with Crippen LogP contribution in [-0.4, -0.2) is 9.97 Å². The van der Waals surface area contributed by atoms with Crippen molar-refractivity contribution in [2.24, 2.45) is 0 Å². The Labute approximate surface area is 94.1 Å². The van der Waals surface area contributed by atoms with Gasteiger partial charge in [-0.3, -0.25) is 0 Å². The second kappa shape index (κ2) is 4.27. The molecule has 0 unspecified atom stereocenters. The Morgan fingerprint density at radius 2 is 2.20 bits per heavy atom. The van der Waals surface area contributed by atoms with Gasteiger partial charge in [0.1, 0.15) is 5.75 Å². The molecular formula is C10H7BrN2O2. The fourth-order valence-corrected chi connectivity index (χ4v) is 1.43. The second-order valence-electron chi connectivity index (χ2n) is 2.81. The first-order valence-electron chi connectivity index (χ1n) is 4.22. The lowest BCUT2D eigenvalue weighted by molar-refractivity contribution is 0.476. The van der Waals surface area contributed by atoms with Gasteiger partial charge in [-0.15, -0.1) is 0 Å². The minimum absolute atomic E-state index is 0.392. The van der Waals surface area contributed by atoms with Gasteiger partial charge >= 0.3 is 5.69 Å². The molecule has 15 heavy (non-hydrogen) atoms. The average molecular weight is 267 g/mol. The van der Waals surface area contributed by atoms with E-state index in [1.807, 2.05) is 24.3 Å². The summed E-state index contributed by atoms with van der Waals surface area (Å²) in [4.78, 5) is 16.7. The zero-order valence-electron chi connectivity index (χ0n) is 7.61. The van der Waals surface area contributed by atoms with Crippen molar-refractivity contribution in [3.05, 3.63) is 51.6 Å². The van der Waals surface area contributed by atoms with Crippen LogP contribution < -0.4 is 10.4 Å². The van der Waals surface area contributed by atoms with Crippen molar-refractivity contribution in [3.8, 4) is 11.5 Å². The summed E-state index contributed by atoms with van der Waals surface area (Å²) >= 11 is 3.33. The molecule has 0 saturated heterocycles. The van der Waals surface area contributed by atoms with E-state index in [1.165, 1.54) is 12.4 Å². The molecule has 0 atom stereocenters. The molecule has 2 aromatic rings. The number of hydrogen-bond donors (Lipinski definition) is 1. The van der Waals surface area contributed by atoms with E-state index in [9.17, 15) is 4.79 Å². The van der Waals surface area contributed by atoms with Crippen molar-refractivity contribution in [2.75, 3.05) is 0 Å². The van der Waals surface area contributed by atoms with Crippen molar-refractivity contribution >= 4 is 15.9 Å². The van der Waals surface area contributed by atoms with Crippen molar-refractivity contribution in [2.45, 2.75) is 0 Å². The summed E-state index contributed by atoms with van der Waals surface area (Å²) in [5, 5.41) is 0. The molecule has 4 nitrogen and oxygen atoms in total. The van der Waals surface area contributed by atoms with Gasteiger partial charge in [0.05, 0.1) is 12.4 Å². The van der Waals surface area contributed by atoms with E-state index in [1.54, 1.807) is 0 Å². The molecule has 0 aliphatic carbocycles. The number of ether oxygens (including phenoxy) is 1. The summed E-state index contributed by atoms with van der Waals surface area (Å²) in [6.07, 6.45) is 2.84. The molecule has 0 aliphatic rings. The van der Waals surface area contributed by atoms with Crippen LogP contribution in [0.5, 0.6) is 11.5 Å². The number of hydrogen-bond acceptors (Lipinski definition) is 3.